The Labute approximate surface area is 158 Å². The van der Waals surface area contributed by atoms with Crippen LogP contribution in [0.25, 0.3) is 0 Å². The highest BCUT2D eigenvalue weighted by molar-refractivity contribution is 9.10. The second-order valence-corrected chi connectivity index (χ2v) is 7.09. The molecule has 1 amide bonds. The number of amides is 1. The Hall–Kier alpha value is -2.05. The van der Waals surface area contributed by atoms with Gasteiger partial charge in [-0.15, -0.1) is 0 Å². The molecular formula is C18H15BrClNO4. The standard InChI is InChI=1S/C18H15BrClNO4/c19-15-7-12(20)4-3-11(15)9-25-13-5-6-16(14(8-13)18(23)24)21-17(22)10-1-2-10/h3-8,10H,1-2,9H2,(H,21,22)(H,23,24). The first-order valence-electron chi connectivity index (χ1n) is 7.69. The van der Waals surface area contributed by atoms with Gasteiger partial charge in [-0.2, -0.15) is 0 Å². The van der Waals surface area contributed by atoms with Crippen LogP contribution < -0.4 is 10.1 Å². The van der Waals surface area contributed by atoms with Gasteiger partial charge in [0.15, 0.2) is 0 Å². The summed E-state index contributed by atoms with van der Waals surface area (Å²) < 4.78 is 6.49. The molecule has 0 unspecified atom stereocenters. The fraction of sp³-hybridized carbons (Fsp3) is 0.222. The Balaban J connectivity index is 1.74. The third-order valence-electron chi connectivity index (χ3n) is 3.84. The first kappa shape index (κ1) is 17.8. The maximum absolute atomic E-state index is 11.9. The SMILES string of the molecule is O=C(O)c1cc(OCc2ccc(Cl)cc2Br)ccc1NC(=O)C1CC1. The number of carbonyl (C=O) groups is 2. The number of ether oxygens (including phenoxy) is 1. The van der Waals surface area contributed by atoms with E-state index >= 15 is 0 Å². The van der Waals surface area contributed by atoms with Crippen LogP contribution in [0.15, 0.2) is 40.9 Å². The molecule has 2 aromatic rings. The van der Waals surface area contributed by atoms with Crippen molar-refractivity contribution in [3.05, 3.63) is 57.0 Å². The molecule has 0 aliphatic heterocycles. The van der Waals surface area contributed by atoms with E-state index in [0.29, 0.717) is 10.8 Å². The Kier molecular flexibility index (Phi) is 5.30. The van der Waals surface area contributed by atoms with Gasteiger partial charge in [-0.3, -0.25) is 4.79 Å². The van der Waals surface area contributed by atoms with Gasteiger partial charge in [0.25, 0.3) is 0 Å². The molecule has 1 saturated carbocycles. The lowest BCUT2D eigenvalue weighted by Crippen LogP contribution is -2.16. The summed E-state index contributed by atoms with van der Waals surface area (Å²) in [7, 11) is 0. The van der Waals surface area contributed by atoms with Crippen molar-refractivity contribution in [1.29, 1.82) is 0 Å². The molecule has 2 aromatic carbocycles. The molecule has 0 heterocycles. The zero-order valence-corrected chi connectivity index (χ0v) is 15.4. The van der Waals surface area contributed by atoms with Gasteiger partial charge in [-0.05, 0) is 43.2 Å². The second kappa shape index (κ2) is 7.45. The van der Waals surface area contributed by atoms with Crippen molar-refractivity contribution >= 4 is 45.1 Å². The molecule has 7 heteroatoms. The molecule has 1 aliphatic rings. The third-order valence-corrected chi connectivity index (χ3v) is 4.81. The number of nitrogens with one attached hydrogen (secondary N) is 1. The van der Waals surface area contributed by atoms with Crippen LogP contribution in [0.3, 0.4) is 0 Å². The van der Waals surface area contributed by atoms with Crippen molar-refractivity contribution in [1.82, 2.24) is 0 Å². The van der Waals surface area contributed by atoms with E-state index in [4.69, 9.17) is 16.3 Å². The first-order chi connectivity index (χ1) is 11.9. The van der Waals surface area contributed by atoms with Gasteiger partial charge in [-0.1, -0.05) is 33.6 Å². The first-order valence-corrected chi connectivity index (χ1v) is 8.86. The highest BCUT2D eigenvalue weighted by Crippen LogP contribution is 2.31. The number of aromatic carboxylic acids is 1. The van der Waals surface area contributed by atoms with Gasteiger partial charge in [0.2, 0.25) is 5.91 Å². The van der Waals surface area contributed by atoms with Gasteiger partial charge in [0.1, 0.15) is 12.4 Å². The molecule has 3 rings (SSSR count). The number of halogens is 2. The summed E-state index contributed by atoms with van der Waals surface area (Å²) in [5.74, 6) is -0.853. The Morgan fingerprint density at radius 3 is 2.64 bits per heavy atom. The third kappa shape index (κ3) is 4.52. The smallest absolute Gasteiger partial charge is 0.337 e. The lowest BCUT2D eigenvalue weighted by atomic mass is 10.1. The molecule has 1 aliphatic carbocycles. The summed E-state index contributed by atoms with van der Waals surface area (Å²) in [6.07, 6.45) is 1.71. The number of hydrogen-bond donors (Lipinski definition) is 2. The molecular weight excluding hydrogens is 410 g/mol. The van der Waals surface area contributed by atoms with Crippen molar-refractivity contribution in [2.24, 2.45) is 5.92 Å². The van der Waals surface area contributed by atoms with Crippen molar-refractivity contribution in [3.63, 3.8) is 0 Å². The van der Waals surface area contributed by atoms with Crippen LogP contribution in [0.1, 0.15) is 28.8 Å². The number of carbonyl (C=O) groups excluding carboxylic acids is 1. The lowest BCUT2D eigenvalue weighted by molar-refractivity contribution is -0.117. The van der Waals surface area contributed by atoms with Crippen LogP contribution in [-0.2, 0) is 11.4 Å². The fourth-order valence-corrected chi connectivity index (χ4v) is 3.08. The minimum Gasteiger partial charge on any atom is -0.489 e. The normalized spacial score (nSPS) is 13.4. The number of carboxylic acids is 1. The summed E-state index contributed by atoms with van der Waals surface area (Å²) >= 11 is 9.32. The molecule has 2 N–H and O–H groups in total. The van der Waals surface area contributed by atoms with Crippen molar-refractivity contribution in [2.75, 3.05) is 5.32 Å². The Morgan fingerprint density at radius 1 is 1.24 bits per heavy atom. The summed E-state index contributed by atoms with van der Waals surface area (Å²) in [4.78, 5) is 23.3. The molecule has 0 bridgehead atoms. The largest absolute Gasteiger partial charge is 0.489 e. The van der Waals surface area contributed by atoms with Gasteiger partial charge >= 0.3 is 5.97 Å². The summed E-state index contributed by atoms with van der Waals surface area (Å²) in [5, 5.41) is 12.7. The summed E-state index contributed by atoms with van der Waals surface area (Å²) in [6, 6.07) is 9.95. The molecule has 25 heavy (non-hydrogen) atoms. The van der Waals surface area contributed by atoms with Gasteiger partial charge in [0.05, 0.1) is 11.3 Å². The number of benzene rings is 2. The highest BCUT2D eigenvalue weighted by Gasteiger charge is 2.30. The maximum atomic E-state index is 11.9. The van der Waals surface area contributed by atoms with E-state index in [1.165, 1.54) is 6.07 Å². The zero-order chi connectivity index (χ0) is 18.0. The van der Waals surface area contributed by atoms with Crippen LogP contribution in [0.5, 0.6) is 5.75 Å². The van der Waals surface area contributed by atoms with E-state index in [0.717, 1.165) is 22.9 Å². The average Bonchev–Trinajstić information content (AvgIpc) is 3.40. The van der Waals surface area contributed by atoms with Crippen molar-refractivity contribution in [3.8, 4) is 5.75 Å². The molecule has 0 saturated heterocycles. The average molecular weight is 425 g/mol. The van der Waals surface area contributed by atoms with E-state index in [9.17, 15) is 14.7 Å². The Morgan fingerprint density at radius 2 is 2.00 bits per heavy atom. The molecule has 0 spiro atoms. The zero-order valence-electron chi connectivity index (χ0n) is 13.1. The van der Waals surface area contributed by atoms with E-state index in [1.807, 2.05) is 6.07 Å². The minimum atomic E-state index is -1.12. The molecule has 0 atom stereocenters. The minimum absolute atomic E-state index is 0.000161. The number of rotatable bonds is 6. The van der Waals surface area contributed by atoms with Crippen LogP contribution in [0.2, 0.25) is 5.02 Å². The molecule has 5 nitrogen and oxygen atoms in total. The van der Waals surface area contributed by atoms with Gasteiger partial charge < -0.3 is 15.2 Å². The van der Waals surface area contributed by atoms with E-state index < -0.39 is 5.97 Å². The van der Waals surface area contributed by atoms with Gasteiger partial charge in [-0.25, -0.2) is 4.79 Å². The van der Waals surface area contributed by atoms with Crippen molar-refractivity contribution in [2.45, 2.75) is 19.4 Å². The van der Waals surface area contributed by atoms with Crippen LogP contribution in [-0.4, -0.2) is 17.0 Å². The number of anilines is 1. The van der Waals surface area contributed by atoms with Crippen molar-refractivity contribution < 1.29 is 19.4 Å². The molecule has 1 fully saturated rings. The molecule has 0 aromatic heterocycles. The number of carboxylic acid groups (broad SMARTS) is 1. The second-order valence-electron chi connectivity index (χ2n) is 5.80. The topological polar surface area (TPSA) is 75.6 Å². The van der Waals surface area contributed by atoms with E-state index in [1.54, 1.807) is 24.3 Å². The van der Waals surface area contributed by atoms with Gasteiger partial charge in [0, 0.05) is 21.0 Å². The predicted molar refractivity (Wildman–Crippen MR) is 98.2 cm³/mol. The molecule has 130 valence electrons. The quantitative estimate of drug-likeness (QED) is 0.703. The van der Waals surface area contributed by atoms with E-state index in [-0.39, 0.29) is 29.7 Å². The summed E-state index contributed by atoms with van der Waals surface area (Å²) in [6.45, 7) is 0.255. The van der Waals surface area contributed by atoms with E-state index in [2.05, 4.69) is 21.2 Å². The maximum Gasteiger partial charge on any atom is 0.337 e. The molecule has 0 radical (unpaired) electrons. The number of hydrogen-bond acceptors (Lipinski definition) is 3. The van der Waals surface area contributed by atoms with Crippen LogP contribution in [0, 0.1) is 5.92 Å². The fourth-order valence-electron chi connectivity index (χ4n) is 2.28. The predicted octanol–water partition coefficient (Wildman–Crippen LogP) is 4.73. The highest BCUT2D eigenvalue weighted by atomic mass is 79.9. The monoisotopic (exact) mass is 423 g/mol. The Bertz CT molecular complexity index is 836. The van der Waals surface area contributed by atoms with Crippen LogP contribution >= 0.6 is 27.5 Å². The van der Waals surface area contributed by atoms with Crippen LogP contribution in [0.4, 0.5) is 5.69 Å². The lowest BCUT2D eigenvalue weighted by Gasteiger charge is -2.12. The summed E-state index contributed by atoms with van der Waals surface area (Å²) in [5.41, 5.74) is 1.17.